The van der Waals surface area contributed by atoms with Crippen molar-refractivity contribution >= 4 is 0 Å². The van der Waals surface area contributed by atoms with Crippen LogP contribution in [0, 0.1) is 6.92 Å². The second-order valence-electron chi connectivity index (χ2n) is 7.98. The number of alkyl halides is 6. The van der Waals surface area contributed by atoms with E-state index in [1.807, 2.05) is 46.9 Å². The third kappa shape index (κ3) is 4.53. The minimum atomic E-state index is -4.87. The lowest BCUT2D eigenvalue weighted by Crippen LogP contribution is -2.30. The van der Waals surface area contributed by atoms with E-state index >= 15 is 0 Å². The van der Waals surface area contributed by atoms with E-state index < -0.39 is 29.5 Å². The quantitative estimate of drug-likeness (QED) is 0.439. The molecule has 1 aromatic heterocycles. The Kier molecular flexibility index (Phi) is 5.79. The Balaban J connectivity index is 1.79. The first-order chi connectivity index (χ1) is 15.0. The number of rotatable bonds is 3. The Bertz CT molecular complexity index is 1070. The molecule has 0 saturated carbocycles. The fourth-order valence-electron chi connectivity index (χ4n) is 4.24. The van der Waals surface area contributed by atoms with Crippen LogP contribution in [0.25, 0.3) is 0 Å². The Morgan fingerprint density at radius 3 is 2.22 bits per heavy atom. The monoisotopic (exact) mass is 453 g/mol. The summed E-state index contributed by atoms with van der Waals surface area (Å²) in [5.74, 6) is 0.722. The SMILES string of the molecule is Cc1ccccc1C1c2nccn2CCCN1Cc1cc(C(F)(F)F)cc(C(F)(F)F)c1. The van der Waals surface area contributed by atoms with Crippen molar-refractivity contribution in [3.05, 3.63) is 88.5 Å². The molecule has 4 rings (SSSR count). The molecule has 2 aromatic carbocycles. The third-order valence-corrected chi connectivity index (χ3v) is 5.72. The molecule has 3 nitrogen and oxygen atoms in total. The van der Waals surface area contributed by atoms with E-state index in [-0.39, 0.29) is 18.2 Å². The van der Waals surface area contributed by atoms with Crippen LogP contribution in [0.2, 0.25) is 0 Å². The van der Waals surface area contributed by atoms with Crippen LogP contribution in [-0.2, 0) is 25.4 Å². The number of hydrogen-bond acceptors (Lipinski definition) is 2. The van der Waals surface area contributed by atoms with Gasteiger partial charge in [-0.25, -0.2) is 4.98 Å². The highest BCUT2D eigenvalue weighted by atomic mass is 19.4. The maximum Gasteiger partial charge on any atom is 0.416 e. The molecule has 0 aliphatic carbocycles. The van der Waals surface area contributed by atoms with Gasteiger partial charge in [-0.3, -0.25) is 4.90 Å². The van der Waals surface area contributed by atoms with Crippen LogP contribution in [-0.4, -0.2) is 21.0 Å². The molecule has 2 heterocycles. The van der Waals surface area contributed by atoms with E-state index in [4.69, 9.17) is 0 Å². The van der Waals surface area contributed by atoms with Gasteiger partial charge in [0.1, 0.15) is 5.82 Å². The van der Waals surface area contributed by atoms with Crippen molar-refractivity contribution in [3.8, 4) is 0 Å². The lowest BCUT2D eigenvalue weighted by atomic mass is 9.98. The predicted molar refractivity (Wildman–Crippen MR) is 107 cm³/mol. The van der Waals surface area contributed by atoms with Gasteiger partial charge < -0.3 is 4.57 Å². The number of nitrogens with zero attached hydrogens (tertiary/aromatic N) is 3. The summed E-state index contributed by atoms with van der Waals surface area (Å²) in [4.78, 5) is 6.39. The van der Waals surface area contributed by atoms with E-state index in [9.17, 15) is 26.3 Å². The largest absolute Gasteiger partial charge is 0.416 e. The highest BCUT2D eigenvalue weighted by Gasteiger charge is 2.37. The van der Waals surface area contributed by atoms with Crippen LogP contribution in [0.5, 0.6) is 0 Å². The van der Waals surface area contributed by atoms with Gasteiger partial charge in [0.25, 0.3) is 0 Å². The molecule has 0 radical (unpaired) electrons. The average Bonchev–Trinajstić information content (AvgIpc) is 3.09. The summed E-state index contributed by atoms with van der Waals surface area (Å²) < 4.78 is 82.0. The van der Waals surface area contributed by atoms with E-state index in [1.165, 1.54) is 0 Å². The molecule has 0 N–H and O–H groups in total. The predicted octanol–water partition coefficient (Wildman–Crippen LogP) is 6.22. The van der Waals surface area contributed by atoms with Crippen molar-refractivity contribution in [2.45, 2.75) is 44.8 Å². The topological polar surface area (TPSA) is 21.1 Å². The maximum atomic E-state index is 13.3. The van der Waals surface area contributed by atoms with Gasteiger partial charge in [-0.05, 0) is 48.2 Å². The number of benzene rings is 2. The number of aryl methyl sites for hydroxylation is 2. The van der Waals surface area contributed by atoms with Crippen LogP contribution in [0.1, 0.15) is 46.1 Å². The van der Waals surface area contributed by atoms with Gasteiger partial charge in [-0.15, -0.1) is 0 Å². The van der Waals surface area contributed by atoms with Gasteiger partial charge in [0, 0.05) is 32.0 Å². The first-order valence-corrected chi connectivity index (χ1v) is 10.1. The second kappa shape index (κ2) is 8.27. The lowest BCUT2D eigenvalue weighted by molar-refractivity contribution is -0.143. The summed E-state index contributed by atoms with van der Waals surface area (Å²) in [7, 11) is 0. The average molecular weight is 453 g/mol. The van der Waals surface area contributed by atoms with E-state index in [0.717, 1.165) is 29.1 Å². The van der Waals surface area contributed by atoms with E-state index in [0.29, 0.717) is 19.5 Å². The van der Waals surface area contributed by atoms with Gasteiger partial charge in [0.15, 0.2) is 0 Å². The molecule has 0 saturated heterocycles. The van der Waals surface area contributed by atoms with Crippen molar-refractivity contribution in [2.75, 3.05) is 6.54 Å². The zero-order valence-corrected chi connectivity index (χ0v) is 17.2. The molecule has 0 bridgehead atoms. The Morgan fingerprint density at radius 2 is 1.59 bits per heavy atom. The maximum absolute atomic E-state index is 13.3. The zero-order valence-electron chi connectivity index (χ0n) is 17.2. The van der Waals surface area contributed by atoms with Crippen LogP contribution >= 0.6 is 0 Å². The molecule has 32 heavy (non-hydrogen) atoms. The number of imidazole rings is 1. The molecular formula is C23H21F6N3. The van der Waals surface area contributed by atoms with E-state index in [1.54, 1.807) is 6.20 Å². The molecule has 0 fully saturated rings. The fourth-order valence-corrected chi connectivity index (χ4v) is 4.24. The van der Waals surface area contributed by atoms with Crippen molar-refractivity contribution in [1.82, 2.24) is 14.5 Å². The third-order valence-electron chi connectivity index (χ3n) is 5.72. The molecule has 0 spiro atoms. The van der Waals surface area contributed by atoms with Crippen molar-refractivity contribution in [2.24, 2.45) is 0 Å². The van der Waals surface area contributed by atoms with Gasteiger partial charge >= 0.3 is 12.4 Å². The summed E-state index contributed by atoms with van der Waals surface area (Å²) in [6.45, 7) is 3.03. The molecule has 0 amide bonds. The number of hydrogen-bond donors (Lipinski definition) is 0. The van der Waals surface area contributed by atoms with Crippen LogP contribution in [0.4, 0.5) is 26.3 Å². The van der Waals surface area contributed by atoms with Gasteiger partial charge in [-0.2, -0.15) is 26.3 Å². The minimum Gasteiger partial charge on any atom is -0.333 e. The molecule has 1 aliphatic heterocycles. The van der Waals surface area contributed by atoms with Crippen molar-refractivity contribution in [1.29, 1.82) is 0 Å². The van der Waals surface area contributed by atoms with Gasteiger partial charge in [0.05, 0.1) is 17.2 Å². The molecule has 3 aromatic rings. The highest BCUT2D eigenvalue weighted by Crippen LogP contribution is 2.38. The zero-order chi connectivity index (χ0) is 23.1. The van der Waals surface area contributed by atoms with E-state index in [2.05, 4.69) is 4.98 Å². The van der Waals surface area contributed by atoms with Crippen molar-refractivity contribution in [3.63, 3.8) is 0 Å². The van der Waals surface area contributed by atoms with Gasteiger partial charge in [0.2, 0.25) is 0 Å². The number of aromatic nitrogens is 2. The normalized spacial score (nSPS) is 17.8. The summed E-state index contributed by atoms with van der Waals surface area (Å²) in [6.07, 6.45) is -5.55. The molecule has 1 atom stereocenters. The Morgan fingerprint density at radius 1 is 0.938 bits per heavy atom. The van der Waals surface area contributed by atoms with Crippen LogP contribution in [0.15, 0.2) is 54.9 Å². The number of halogens is 6. The van der Waals surface area contributed by atoms with Crippen molar-refractivity contribution < 1.29 is 26.3 Å². The molecule has 1 aliphatic rings. The summed E-state index contributed by atoms with van der Waals surface area (Å²) in [5.41, 5.74) is -0.744. The van der Waals surface area contributed by atoms with Crippen LogP contribution in [0.3, 0.4) is 0 Å². The lowest BCUT2D eigenvalue weighted by Gasteiger charge is -2.31. The first-order valence-electron chi connectivity index (χ1n) is 10.1. The minimum absolute atomic E-state index is 0.0364. The Hall–Kier alpha value is -2.81. The molecule has 170 valence electrons. The standard InChI is InChI=1S/C23H21F6N3/c1-15-5-2-3-6-19(15)20-21-30-7-10-31(21)8-4-9-32(20)14-16-11-17(22(24,25)26)13-18(12-16)23(27,28)29/h2-3,5-7,10-13,20H,4,8-9,14H2,1H3. The highest BCUT2D eigenvalue weighted by molar-refractivity contribution is 5.36. The second-order valence-corrected chi connectivity index (χ2v) is 7.98. The molecule has 9 heteroatoms. The first kappa shape index (κ1) is 22.4. The number of fused-ring (bicyclic) bond motifs is 1. The smallest absolute Gasteiger partial charge is 0.333 e. The fraction of sp³-hybridized carbons (Fsp3) is 0.348. The molecular weight excluding hydrogens is 432 g/mol. The Labute approximate surface area is 181 Å². The van der Waals surface area contributed by atoms with Crippen LogP contribution < -0.4 is 0 Å². The summed E-state index contributed by atoms with van der Waals surface area (Å²) in [6, 6.07) is 8.99. The summed E-state index contributed by atoms with van der Waals surface area (Å²) in [5, 5.41) is 0. The molecule has 1 unspecified atom stereocenters. The van der Waals surface area contributed by atoms with Gasteiger partial charge in [-0.1, -0.05) is 24.3 Å². The summed E-state index contributed by atoms with van der Waals surface area (Å²) >= 11 is 0.